The van der Waals surface area contributed by atoms with Crippen LogP contribution in [0.4, 0.5) is 5.69 Å². The summed E-state index contributed by atoms with van der Waals surface area (Å²) in [7, 11) is 2.03. The molecule has 0 aliphatic rings. The van der Waals surface area contributed by atoms with E-state index < -0.39 is 0 Å². The summed E-state index contributed by atoms with van der Waals surface area (Å²) >= 11 is 0. The first-order valence-corrected chi connectivity index (χ1v) is 6.39. The molecule has 0 radical (unpaired) electrons. The van der Waals surface area contributed by atoms with Gasteiger partial charge in [-0.1, -0.05) is 30.3 Å². The Bertz CT molecular complexity index is 603. The Labute approximate surface area is 114 Å². The van der Waals surface area contributed by atoms with Gasteiger partial charge in [0.15, 0.2) is 0 Å². The maximum absolute atomic E-state index is 9.17. The molecule has 2 aromatic rings. The van der Waals surface area contributed by atoms with Crippen LogP contribution in [-0.4, -0.2) is 7.05 Å². The molecule has 0 amide bonds. The predicted octanol–water partition coefficient (Wildman–Crippen LogP) is 3.81. The summed E-state index contributed by atoms with van der Waals surface area (Å²) in [5.41, 5.74) is 5.62. The van der Waals surface area contributed by atoms with Gasteiger partial charge in [0, 0.05) is 13.6 Å². The minimum Gasteiger partial charge on any atom is -0.369 e. The number of nitrogens with zero attached hydrogens (tertiary/aromatic N) is 2. The maximum atomic E-state index is 9.17. The molecule has 0 N–H and O–H groups in total. The number of para-hydroxylation sites is 1. The summed E-state index contributed by atoms with van der Waals surface area (Å²) in [4.78, 5) is 2.13. The maximum Gasteiger partial charge on any atom is 0.101 e. The summed E-state index contributed by atoms with van der Waals surface area (Å²) in [6.07, 6.45) is 0. The second-order valence-corrected chi connectivity index (χ2v) is 4.86. The molecule has 0 saturated heterocycles. The van der Waals surface area contributed by atoms with Crippen molar-refractivity contribution in [3.8, 4) is 6.07 Å². The topological polar surface area (TPSA) is 27.0 Å². The van der Waals surface area contributed by atoms with Gasteiger partial charge in [-0.05, 0) is 42.7 Å². The fourth-order valence-corrected chi connectivity index (χ4v) is 2.32. The van der Waals surface area contributed by atoms with Crippen LogP contribution in [0.2, 0.25) is 0 Å². The Balaban J connectivity index is 2.32. The van der Waals surface area contributed by atoms with Gasteiger partial charge < -0.3 is 4.90 Å². The molecular formula is C17H18N2. The van der Waals surface area contributed by atoms with E-state index in [-0.39, 0.29) is 0 Å². The van der Waals surface area contributed by atoms with E-state index in [0.29, 0.717) is 0 Å². The predicted molar refractivity (Wildman–Crippen MR) is 79.2 cm³/mol. The summed E-state index contributed by atoms with van der Waals surface area (Å²) in [6.45, 7) is 5.08. The van der Waals surface area contributed by atoms with Gasteiger partial charge in [0.2, 0.25) is 0 Å². The van der Waals surface area contributed by atoms with Crippen molar-refractivity contribution >= 4 is 5.69 Å². The van der Waals surface area contributed by atoms with Crippen molar-refractivity contribution in [2.24, 2.45) is 0 Å². The zero-order valence-electron chi connectivity index (χ0n) is 11.6. The van der Waals surface area contributed by atoms with Crippen LogP contribution in [0.5, 0.6) is 0 Å². The van der Waals surface area contributed by atoms with E-state index in [0.717, 1.165) is 17.8 Å². The Morgan fingerprint density at radius 2 is 1.63 bits per heavy atom. The lowest BCUT2D eigenvalue weighted by molar-refractivity contribution is 0.903. The number of nitriles is 1. The molecule has 0 bridgehead atoms. The number of anilines is 1. The number of hydrogen-bond donors (Lipinski definition) is 0. The quantitative estimate of drug-likeness (QED) is 0.828. The summed E-state index contributed by atoms with van der Waals surface area (Å²) in [5, 5.41) is 9.17. The monoisotopic (exact) mass is 250 g/mol. The third-order valence-electron chi connectivity index (χ3n) is 3.48. The molecule has 0 aliphatic heterocycles. The van der Waals surface area contributed by atoms with Gasteiger partial charge in [-0.15, -0.1) is 0 Å². The first-order chi connectivity index (χ1) is 9.13. The second-order valence-electron chi connectivity index (χ2n) is 4.86. The molecule has 2 aromatic carbocycles. The van der Waals surface area contributed by atoms with E-state index in [4.69, 9.17) is 5.26 Å². The lowest BCUT2D eigenvalue weighted by Crippen LogP contribution is -2.18. The average molecular weight is 250 g/mol. The minimum absolute atomic E-state index is 0.719. The first kappa shape index (κ1) is 13.2. The molecule has 0 heterocycles. The van der Waals surface area contributed by atoms with Crippen LogP contribution in [0.25, 0.3) is 0 Å². The van der Waals surface area contributed by atoms with Crippen molar-refractivity contribution in [3.05, 3.63) is 64.7 Å². The third kappa shape index (κ3) is 2.77. The zero-order valence-corrected chi connectivity index (χ0v) is 11.6. The normalized spacial score (nSPS) is 10.0. The number of aryl methyl sites for hydroxylation is 2. The van der Waals surface area contributed by atoms with Gasteiger partial charge in [-0.3, -0.25) is 0 Å². The van der Waals surface area contributed by atoms with Crippen LogP contribution in [-0.2, 0) is 6.54 Å². The second kappa shape index (κ2) is 5.58. The van der Waals surface area contributed by atoms with Crippen molar-refractivity contribution in [3.63, 3.8) is 0 Å². The van der Waals surface area contributed by atoms with Crippen LogP contribution < -0.4 is 4.90 Å². The highest BCUT2D eigenvalue weighted by Gasteiger charge is 2.09. The van der Waals surface area contributed by atoms with E-state index in [9.17, 15) is 0 Å². The van der Waals surface area contributed by atoms with E-state index in [1.807, 2.05) is 31.3 Å². The van der Waals surface area contributed by atoms with Crippen molar-refractivity contribution in [2.45, 2.75) is 20.4 Å². The molecule has 2 rings (SSSR count). The molecule has 2 heteroatoms. The molecule has 2 nitrogen and oxygen atoms in total. The van der Waals surface area contributed by atoms with Crippen LogP contribution in [0.15, 0.2) is 42.5 Å². The van der Waals surface area contributed by atoms with E-state index in [1.54, 1.807) is 0 Å². The Hall–Kier alpha value is -2.27. The van der Waals surface area contributed by atoms with Crippen LogP contribution >= 0.6 is 0 Å². The van der Waals surface area contributed by atoms with Gasteiger partial charge in [-0.2, -0.15) is 5.26 Å². The lowest BCUT2D eigenvalue weighted by atomic mass is 10.0. The van der Waals surface area contributed by atoms with Gasteiger partial charge in [0.25, 0.3) is 0 Å². The largest absolute Gasteiger partial charge is 0.369 e. The van der Waals surface area contributed by atoms with Crippen LogP contribution in [0.1, 0.15) is 22.3 Å². The Morgan fingerprint density at radius 1 is 1.00 bits per heavy atom. The fourth-order valence-electron chi connectivity index (χ4n) is 2.32. The lowest BCUT2D eigenvalue weighted by Gasteiger charge is -2.22. The fraction of sp³-hybridized carbons (Fsp3) is 0.235. The molecule has 19 heavy (non-hydrogen) atoms. The van der Waals surface area contributed by atoms with Crippen molar-refractivity contribution in [1.29, 1.82) is 5.26 Å². The van der Waals surface area contributed by atoms with E-state index >= 15 is 0 Å². The highest BCUT2D eigenvalue weighted by atomic mass is 15.1. The minimum atomic E-state index is 0.719. The number of hydrogen-bond acceptors (Lipinski definition) is 2. The summed E-state index contributed by atoms with van der Waals surface area (Å²) in [6, 6.07) is 16.3. The highest BCUT2D eigenvalue weighted by Crippen LogP contribution is 2.22. The van der Waals surface area contributed by atoms with Crippen LogP contribution in [0, 0.1) is 25.2 Å². The van der Waals surface area contributed by atoms with E-state index in [2.05, 4.69) is 43.0 Å². The van der Waals surface area contributed by atoms with E-state index in [1.165, 1.54) is 16.7 Å². The molecule has 0 fully saturated rings. The Morgan fingerprint density at radius 3 is 2.26 bits per heavy atom. The molecular weight excluding hydrogens is 232 g/mol. The first-order valence-electron chi connectivity index (χ1n) is 6.39. The smallest absolute Gasteiger partial charge is 0.101 e. The number of benzene rings is 2. The third-order valence-corrected chi connectivity index (χ3v) is 3.48. The molecule has 0 aliphatic carbocycles. The standard InChI is InChI=1S/C17H18N2/c1-13-7-6-8-14(2)16(13)12-19(3)17-10-5-4-9-15(17)11-18/h4-10H,12H2,1-3H3. The average Bonchev–Trinajstić information content (AvgIpc) is 2.42. The molecule has 0 unspecified atom stereocenters. The molecule has 0 spiro atoms. The number of rotatable bonds is 3. The van der Waals surface area contributed by atoms with Gasteiger partial charge >= 0.3 is 0 Å². The highest BCUT2D eigenvalue weighted by molar-refractivity contribution is 5.59. The van der Waals surface area contributed by atoms with Gasteiger partial charge in [0.1, 0.15) is 6.07 Å². The van der Waals surface area contributed by atoms with Crippen molar-refractivity contribution < 1.29 is 0 Å². The van der Waals surface area contributed by atoms with Crippen LogP contribution in [0.3, 0.4) is 0 Å². The van der Waals surface area contributed by atoms with Crippen molar-refractivity contribution in [2.75, 3.05) is 11.9 Å². The molecule has 0 aromatic heterocycles. The molecule has 96 valence electrons. The molecule has 0 saturated carbocycles. The van der Waals surface area contributed by atoms with Gasteiger partial charge in [0.05, 0.1) is 11.3 Å². The summed E-state index contributed by atoms with van der Waals surface area (Å²) < 4.78 is 0. The molecule has 0 atom stereocenters. The van der Waals surface area contributed by atoms with Gasteiger partial charge in [-0.25, -0.2) is 0 Å². The summed E-state index contributed by atoms with van der Waals surface area (Å²) in [5.74, 6) is 0. The Kier molecular flexibility index (Phi) is 3.87. The SMILES string of the molecule is Cc1cccc(C)c1CN(C)c1ccccc1C#N. The zero-order chi connectivity index (χ0) is 13.8. The van der Waals surface area contributed by atoms with Crippen molar-refractivity contribution in [1.82, 2.24) is 0 Å².